The van der Waals surface area contributed by atoms with Gasteiger partial charge in [0.05, 0.1) is 18.7 Å². The van der Waals surface area contributed by atoms with Gasteiger partial charge < -0.3 is 15.7 Å². The monoisotopic (exact) mass is 323 g/mol. The number of alkyl halides is 2. The van der Waals surface area contributed by atoms with Gasteiger partial charge in [-0.15, -0.1) is 0 Å². The molecule has 1 aromatic heterocycles. The van der Waals surface area contributed by atoms with Crippen LogP contribution in [0.3, 0.4) is 0 Å². The number of anilines is 1. The predicted octanol–water partition coefficient (Wildman–Crippen LogP) is 1.13. The maximum atomic E-state index is 12.3. The Kier molecular flexibility index (Phi) is 5.42. The molecule has 1 amide bonds. The smallest absolute Gasteiger partial charge is 0.257 e. The molecule has 0 aliphatic heterocycles. The second kappa shape index (κ2) is 6.60. The molecule has 0 saturated heterocycles. The van der Waals surface area contributed by atoms with Crippen molar-refractivity contribution in [2.75, 3.05) is 25.4 Å². The van der Waals surface area contributed by atoms with Gasteiger partial charge in [0.2, 0.25) is 0 Å². The average molecular weight is 324 g/mol. The first-order valence-electron chi connectivity index (χ1n) is 5.05. The quantitative estimate of drug-likeness (QED) is 0.851. The summed E-state index contributed by atoms with van der Waals surface area (Å²) in [5.41, 5.74) is 5.55. The predicted molar refractivity (Wildman–Crippen MR) is 65.3 cm³/mol. The number of aliphatic hydroxyl groups is 1. The largest absolute Gasteiger partial charge is 0.395 e. The maximum Gasteiger partial charge on any atom is 0.257 e. The van der Waals surface area contributed by atoms with Crippen LogP contribution in [0.2, 0.25) is 0 Å². The molecule has 0 fully saturated rings. The van der Waals surface area contributed by atoms with Crippen LogP contribution < -0.4 is 5.73 Å². The number of aromatic nitrogens is 1. The number of nitrogens with zero attached hydrogens (tertiary/aromatic N) is 2. The van der Waals surface area contributed by atoms with Crippen molar-refractivity contribution in [3.8, 4) is 0 Å². The summed E-state index contributed by atoms with van der Waals surface area (Å²) < 4.78 is 25.2. The molecule has 0 aromatic carbocycles. The molecule has 0 atom stereocenters. The number of nitrogen functional groups attached to an aromatic ring is 1. The molecule has 0 spiro atoms. The van der Waals surface area contributed by atoms with Gasteiger partial charge in [0.15, 0.2) is 0 Å². The lowest BCUT2D eigenvalue weighted by atomic mass is 10.2. The Morgan fingerprint density at radius 2 is 2.28 bits per heavy atom. The highest BCUT2D eigenvalue weighted by atomic mass is 79.9. The van der Waals surface area contributed by atoms with E-state index in [1.807, 2.05) is 0 Å². The first-order valence-corrected chi connectivity index (χ1v) is 5.84. The molecule has 3 N–H and O–H groups in total. The number of hydrogen-bond acceptors (Lipinski definition) is 4. The van der Waals surface area contributed by atoms with Crippen LogP contribution in [0.1, 0.15) is 10.4 Å². The summed E-state index contributed by atoms with van der Waals surface area (Å²) in [6.07, 6.45) is -1.28. The summed E-state index contributed by atoms with van der Waals surface area (Å²) in [5, 5.41) is 8.77. The molecular formula is C10H12BrF2N3O2. The van der Waals surface area contributed by atoms with Gasteiger partial charge in [0.1, 0.15) is 5.82 Å². The van der Waals surface area contributed by atoms with Crippen molar-refractivity contribution < 1.29 is 18.7 Å². The number of carbonyl (C=O) groups excluding carboxylic acids is 1. The van der Waals surface area contributed by atoms with Crippen LogP contribution in [0.15, 0.2) is 16.7 Å². The van der Waals surface area contributed by atoms with Gasteiger partial charge in [-0.25, -0.2) is 13.8 Å². The zero-order chi connectivity index (χ0) is 13.7. The highest BCUT2D eigenvalue weighted by Crippen LogP contribution is 2.18. The fourth-order valence-electron chi connectivity index (χ4n) is 1.35. The Morgan fingerprint density at radius 1 is 1.61 bits per heavy atom. The van der Waals surface area contributed by atoms with Crippen LogP contribution in [-0.4, -0.2) is 47.0 Å². The summed E-state index contributed by atoms with van der Waals surface area (Å²) in [4.78, 5) is 16.6. The SMILES string of the molecule is Nc1ncc(Br)cc1C(=O)N(CCO)CC(F)F. The lowest BCUT2D eigenvalue weighted by molar-refractivity contribution is 0.0509. The lowest BCUT2D eigenvalue weighted by Gasteiger charge is -2.21. The third-order valence-electron chi connectivity index (χ3n) is 2.13. The van der Waals surface area contributed by atoms with E-state index in [0.29, 0.717) is 4.47 Å². The number of aliphatic hydroxyl groups excluding tert-OH is 1. The molecule has 0 aliphatic carbocycles. The molecule has 0 aliphatic rings. The normalized spacial score (nSPS) is 10.7. The molecule has 0 unspecified atom stereocenters. The topological polar surface area (TPSA) is 79.5 Å². The second-order valence-electron chi connectivity index (χ2n) is 3.45. The minimum Gasteiger partial charge on any atom is -0.395 e. The van der Waals surface area contributed by atoms with E-state index < -0.39 is 25.5 Å². The van der Waals surface area contributed by atoms with Gasteiger partial charge in [-0.05, 0) is 22.0 Å². The minimum absolute atomic E-state index is 0.0264. The maximum absolute atomic E-state index is 12.3. The van der Waals surface area contributed by atoms with Crippen molar-refractivity contribution >= 4 is 27.7 Å². The highest BCUT2D eigenvalue weighted by Gasteiger charge is 2.21. The van der Waals surface area contributed by atoms with Gasteiger partial charge in [0.25, 0.3) is 12.3 Å². The zero-order valence-electron chi connectivity index (χ0n) is 9.31. The Hall–Kier alpha value is -1.28. The number of pyridine rings is 1. The van der Waals surface area contributed by atoms with E-state index in [2.05, 4.69) is 20.9 Å². The van der Waals surface area contributed by atoms with Crippen LogP contribution in [0, 0.1) is 0 Å². The van der Waals surface area contributed by atoms with Crippen molar-refractivity contribution in [2.45, 2.75) is 6.43 Å². The van der Waals surface area contributed by atoms with Crippen LogP contribution in [0.4, 0.5) is 14.6 Å². The molecule has 1 heterocycles. The van der Waals surface area contributed by atoms with E-state index in [4.69, 9.17) is 10.8 Å². The third kappa shape index (κ3) is 3.88. The molecular weight excluding hydrogens is 312 g/mol. The van der Waals surface area contributed by atoms with Crippen LogP contribution in [0.5, 0.6) is 0 Å². The molecule has 100 valence electrons. The van der Waals surface area contributed by atoms with Gasteiger partial charge in [0, 0.05) is 17.2 Å². The standard InChI is InChI=1S/C10H12BrF2N3O2/c11-6-3-7(9(14)15-4-6)10(18)16(1-2-17)5-8(12)13/h3-4,8,17H,1-2,5H2,(H2,14,15). The third-order valence-corrected chi connectivity index (χ3v) is 2.56. The number of rotatable bonds is 5. The number of amides is 1. The average Bonchev–Trinajstić information content (AvgIpc) is 2.30. The number of halogens is 3. The van der Waals surface area contributed by atoms with Gasteiger partial charge >= 0.3 is 0 Å². The molecule has 1 rings (SSSR count). The number of carbonyl (C=O) groups is 1. The lowest BCUT2D eigenvalue weighted by Crippen LogP contribution is -2.37. The molecule has 1 aromatic rings. The van der Waals surface area contributed by atoms with Crippen molar-refractivity contribution in [3.05, 3.63) is 22.3 Å². The number of nitrogens with two attached hydrogens (primary N) is 1. The van der Waals surface area contributed by atoms with Crippen molar-refractivity contribution in [2.24, 2.45) is 0 Å². The molecule has 18 heavy (non-hydrogen) atoms. The van der Waals surface area contributed by atoms with E-state index in [9.17, 15) is 13.6 Å². The molecule has 5 nitrogen and oxygen atoms in total. The first-order chi connectivity index (χ1) is 8.45. The van der Waals surface area contributed by atoms with Crippen LogP contribution in [0.25, 0.3) is 0 Å². The van der Waals surface area contributed by atoms with Gasteiger partial charge in [-0.1, -0.05) is 0 Å². The molecule has 0 bridgehead atoms. The zero-order valence-corrected chi connectivity index (χ0v) is 10.9. The Labute approximate surface area is 111 Å². The summed E-state index contributed by atoms with van der Waals surface area (Å²) in [6.45, 7) is -1.35. The van der Waals surface area contributed by atoms with Crippen molar-refractivity contribution in [1.82, 2.24) is 9.88 Å². The number of hydrogen-bond donors (Lipinski definition) is 2. The second-order valence-corrected chi connectivity index (χ2v) is 4.37. The Balaban J connectivity index is 2.97. The molecule has 8 heteroatoms. The highest BCUT2D eigenvalue weighted by molar-refractivity contribution is 9.10. The molecule has 0 saturated carbocycles. The summed E-state index contributed by atoms with van der Waals surface area (Å²) in [6, 6.07) is 1.40. The van der Waals surface area contributed by atoms with Gasteiger partial charge in [-0.2, -0.15) is 0 Å². The fraction of sp³-hybridized carbons (Fsp3) is 0.400. The van der Waals surface area contributed by atoms with Gasteiger partial charge in [-0.3, -0.25) is 4.79 Å². The minimum atomic E-state index is -2.68. The molecule has 0 radical (unpaired) electrons. The Bertz CT molecular complexity index is 432. The summed E-state index contributed by atoms with van der Waals surface area (Å²) >= 11 is 3.12. The van der Waals surface area contributed by atoms with Crippen LogP contribution in [-0.2, 0) is 0 Å². The van der Waals surface area contributed by atoms with E-state index in [-0.39, 0.29) is 17.9 Å². The first kappa shape index (κ1) is 14.8. The van der Waals surface area contributed by atoms with E-state index in [1.165, 1.54) is 12.3 Å². The van der Waals surface area contributed by atoms with E-state index in [0.717, 1.165) is 4.90 Å². The fourth-order valence-corrected chi connectivity index (χ4v) is 1.69. The van der Waals surface area contributed by atoms with E-state index in [1.54, 1.807) is 0 Å². The summed E-state index contributed by atoms with van der Waals surface area (Å²) in [5.74, 6) is -0.726. The van der Waals surface area contributed by atoms with Crippen LogP contribution >= 0.6 is 15.9 Å². The van der Waals surface area contributed by atoms with E-state index >= 15 is 0 Å². The summed E-state index contributed by atoms with van der Waals surface area (Å²) in [7, 11) is 0. The van der Waals surface area contributed by atoms with Crippen molar-refractivity contribution in [3.63, 3.8) is 0 Å². The Morgan fingerprint density at radius 3 is 2.83 bits per heavy atom. The van der Waals surface area contributed by atoms with Crippen molar-refractivity contribution in [1.29, 1.82) is 0 Å².